The zero-order chi connectivity index (χ0) is 43.4. The van der Waals surface area contributed by atoms with Gasteiger partial charge in [0.15, 0.2) is 0 Å². The van der Waals surface area contributed by atoms with Gasteiger partial charge in [-0.15, -0.1) is 0 Å². The summed E-state index contributed by atoms with van der Waals surface area (Å²) in [7, 11) is 0. The first-order valence-electron chi connectivity index (χ1n) is 23.0. The summed E-state index contributed by atoms with van der Waals surface area (Å²) in [5.74, 6) is 0. The highest BCUT2D eigenvalue weighted by atomic mass is 16.3. The molecule has 1 aromatic heterocycles. The van der Waals surface area contributed by atoms with Crippen LogP contribution in [0.4, 0.5) is 11.4 Å². The van der Waals surface area contributed by atoms with E-state index in [1.54, 1.807) is 0 Å². The number of benzene rings is 9. The van der Waals surface area contributed by atoms with E-state index < -0.39 is 0 Å². The second-order valence-corrected chi connectivity index (χ2v) is 18.8. The molecule has 1 heterocycles. The largest absolute Gasteiger partial charge is 0.455 e. The first kappa shape index (κ1) is 37.8. The van der Waals surface area contributed by atoms with Crippen LogP contribution in [-0.4, -0.2) is 6.04 Å². The van der Waals surface area contributed by atoms with Gasteiger partial charge in [-0.1, -0.05) is 196 Å². The summed E-state index contributed by atoms with van der Waals surface area (Å²) < 4.78 is 6.64. The molecule has 0 fully saturated rings. The van der Waals surface area contributed by atoms with E-state index in [0.29, 0.717) is 0 Å². The molecule has 0 spiro atoms. The van der Waals surface area contributed by atoms with Crippen LogP contribution in [-0.2, 0) is 10.8 Å². The minimum Gasteiger partial charge on any atom is -0.455 e. The van der Waals surface area contributed by atoms with E-state index >= 15 is 0 Å². The minimum atomic E-state index is -0.272. The zero-order valence-electron chi connectivity index (χ0n) is 36.8. The van der Waals surface area contributed by atoms with Gasteiger partial charge in [-0.3, -0.25) is 0 Å². The zero-order valence-corrected chi connectivity index (χ0v) is 36.8. The lowest BCUT2D eigenvalue weighted by Gasteiger charge is -2.36. The van der Waals surface area contributed by atoms with E-state index in [9.17, 15) is 0 Å². The van der Waals surface area contributed by atoms with Crippen LogP contribution >= 0.6 is 0 Å². The number of hydrogen-bond acceptors (Lipinski definition) is 2. The van der Waals surface area contributed by atoms with Crippen molar-refractivity contribution in [3.05, 3.63) is 246 Å². The second-order valence-electron chi connectivity index (χ2n) is 18.8. The van der Waals surface area contributed by atoms with Gasteiger partial charge >= 0.3 is 0 Å². The van der Waals surface area contributed by atoms with E-state index in [-0.39, 0.29) is 16.9 Å². The fourth-order valence-corrected chi connectivity index (χ4v) is 11.9. The molecule has 9 aromatic carbocycles. The van der Waals surface area contributed by atoms with Crippen LogP contribution in [0.3, 0.4) is 0 Å². The Labute approximate surface area is 380 Å². The van der Waals surface area contributed by atoms with Crippen molar-refractivity contribution in [2.24, 2.45) is 0 Å². The first-order valence-corrected chi connectivity index (χ1v) is 23.0. The fourth-order valence-electron chi connectivity index (χ4n) is 11.9. The van der Waals surface area contributed by atoms with Gasteiger partial charge in [-0.25, -0.2) is 0 Å². The number of para-hydroxylation sites is 1. The van der Waals surface area contributed by atoms with Crippen molar-refractivity contribution in [2.45, 2.75) is 44.1 Å². The van der Waals surface area contributed by atoms with E-state index in [2.05, 4.69) is 238 Å². The summed E-state index contributed by atoms with van der Waals surface area (Å²) in [6.07, 6.45) is 8.06. The molecule has 0 saturated carbocycles. The van der Waals surface area contributed by atoms with Gasteiger partial charge in [-0.05, 0) is 116 Å². The molecule has 0 radical (unpaired) electrons. The quantitative estimate of drug-likeness (QED) is 0.166. The van der Waals surface area contributed by atoms with Crippen molar-refractivity contribution in [3.8, 4) is 33.4 Å². The minimum absolute atomic E-state index is 0.0415. The van der Waals surface area contributed by atoms with Gasteiger partial charge in [0.25, 0.3) is 0 Å². The topological polar surface area (TPSA) is 16.4 Å². The van der Waals surface area contributed by atoms with Crippen molar-refractivity contribution in [2.75, 3.05) is 4.90 Å². The molecule has 2 nitrogen and oxygen atoms in total. The summed E-state index contributed by atoms with van der Waals surface area (Å²) in [6.45, 7) is 7.14. The maximum atomic E-state index is 6.64. The molecule has 2 unspecified atom stereocenters. The number of rotatable bonds is 6. The van der Waals surface area contributed by atoms with E-state index in [4.69, 9.17) is 4.42 Å². The Kier molecular flexibility index (Phi) is 8.24. The van der Waals surface area contributed by atoms with Crippen LogP contribution in [0, 0.1) is 0 Å². The molecular formula is C63H47NO. The van der Waals surface area contributed by atoms with Crippen LogP contribution < -0.4 is 4.90 Å². The highest BCUT2D eigenvalue weighted by Gasteiger charge is 2.42. The molecule has 65 heavy (non-hydrogen) atoms. The van der Waals surface area contributed by atoms with Gasteiger partial charge in [-0.2, -0.15) is 0 Å². The Balaban J connectivity index is 0.983. The Morgan fingerprint density at radius 3 is 2.03 bits per heavy atom. The summed E-state index contributed by atoms with van der Waals surface area (Å²) in [6, 6.07) is 71.9. The molecule has 2 atom stereocenters. The Bertz CT molecular complexity index is 3640. The average molecular weight is 834 g/mol. The highest BCUT2D eigenvalue weighted by Crippen LogP contribution is 2.56. The fraction of sp³-hybridized carbons (Fsp3) is 0.111. The summed E-state index contributed by atoms with van der Waals surface area (Å²) in [5, 5.41) is 4.66. The van der Waals surface area contributed by atoms with E-state index in [1.807, 2.05) is 0 Å². The molecule has 0 amide bonds. The van der Waals surface area contributed by atoms with Gasteiger partial charge in [0.2, 0.25) is 0 Å². The molecule has 2 heteroatoms. The Morgan fingerprint density at radius 2 is 1.18 bits per heavy atom. The lowest BCUT2D eigenvalue weighted by Crippen LogP contribution is -2.31. The standard InChI is InChI=1S/C63H47NO/c1-62(2)53-26-12-10-23-50(53)59-49(25-15-28-56(59)62)48-22-11-14-29-57(48)64(44-36-38-55-52(39-44)47-21-9-13-27-54(47)63(55,3)42-18-5-4-6-19-42)43-34-31-41(32-35-43)45-24-16-30-58-60(45)51-37-33-40-17-7-8-20-46(40)61(51)65-58/h4-34,36-39,43H,35H2,1-3H3. The monoisotopic (exact) mass is 833 g/mol. The summed E-state index contributed by atoms with van der Waals surface area (Å²) >= 11 is 0. The number of nitrogens with zero attached hydrogens (tertiary/aromatic N) is 1. The maximum absolute atomic E-state index is 6.64. The van der Waals surface area contributed by atoms with Gasteiger partial charge in [0, 0.05) is 43.9 Å². The third-order valence-electron chi connectivity index (χ3n) is 15.1. The van der Waals surface area contributed by atoms with Crippen LogP contribution in [0.1, 0.15) is 60.6 Å². The van der Waals surface area contributed by atoms with Crippen molar-refractivity contribution in [1.29, 1.82) is 0 Å². The smallest absolute Gasteiger partial charge is 0.143 e. The van der Waals surface area contributed by atoms with Crippen molar-refractivity contribution < 1.29 is 4.42 Å². The molecule has 310 valence electrons. The van der Waals surface area contributed by atoms with Gasteiger partial charge in [0.05, 0.1) is 6.04 Å². The number of anilines is 2. The predicted octanol–water partition coefficient (Wildman–Crippen LogP) is 16.6. The molecule has 13 rings (SSSR count). The van der Waals surface area contributed by atoms with Gasteiger partial charge < -0.3 is 9.32 Å². The maximum Gasteiger partial charge on any atom is 0.143 e. The van der Waals surface area contributed by atoms with E-state index in [1.165, 1.54) is 94.5 Å². The number of allylic oxidation sites excluding steroid dienone is 2. The van der Waals surface area contributed by atoms with Crippen molar-refractivity contribution in [3.63, 3.8) is 0 Å². The van der Waals surface area contributed by atoms with Crippen LogP contribution in [0.5, 0.6) is 0 Å². The Morgan fingerprint density at radius 1 is 0.508 bits per heavy atom. The Hall–Kier alpha value is -7.68. The molecular weight excluding hydrogens is 787 g/mol. The van der Waals surface area contributed by atoms with Crippen LogP contribution in [0.2, 0.25) is 0 Å². The van der Waals surface area contributed by atoms with Crippen LogP contribution in [0.15, 0.2) is 217 Å². The molecule has 0 N–H and O–H groups in total. The number of furan rings is 1. The lowest BCUT2D eigenvalue weighted by atomic mass is 9.74. The van der Waals surface area contributed by atoms with Crippen LogP contribution in [0.25, 0.3) is 71.7 Å². The predicted molar refractivity (Wildman–Crippen MR) is 272 cm³/mol. The SMILES string of the molecule is CC1(C)c2ccccc2-c2c(-c3ccccc3N(c3ccc4c(c3)-c3ccccc3C4(C)c3ccccc3)C3C=CC(c4cccc5oc6c7ccccc7ccc6c45)=CC3)cccc21. The molecule has 0 saturated heterocycles. The third-order valence-corrected chi connectivity index (χ3v) is 15.1. The molecule has 3 aliphatic rings. The highest BCUT2D eigenvalue weighted by molar-refractivity contribution is 6.18. The first-order chi connectivity index (χ1) is 31.9. The molecule has 0 aliphatic heterocycles. The van der Waals surface area contributed by atoms with Gasteiger partial charge in [0.1, 0.15) is 11.2 Å². The molecule has 10 aromatic rings. The third kappa shape index (κ3) is 5.47. The molecule has 3 aliphatic carbocycles. The number of fused-ring (bicyclic) bond motifs is 11. The number of hydrogen-bond donors (Lipinski definition) is 0. The summed E-state index contributed by atoms with van der Waals surface area (Å²) in [5.41, 5.74) is 20.8. The van der Waals surface area contributed by atoms with E-state index in [0.717, 1.165) is 28.4 Å². The lowest BCUT2D eigenvalue weighted by molar-refractivity contribution is 0.660. The second kappa shape index (κ2) is 14.2. The van der Waals surface area contributed by atoms with Crippen molar-refractivity contribution in [1.82, 2.24) is 0 Å². The van der Waals surface area contributed by atoms with Crippen molar-refractivity contribution >= 4 is 49.7 Å². The summed E-state index contributed by atoms with van der Waals surface area (Å²) in [4.78, 5) is 2.62. The molecule has 0 bridgehead atoms. The average Bonchev–Trinajstić information content (AvgIpc) is 3.96. The normalized spacial score (nSPS) is 17.8.